The van der Waals surface area contributed by atoms with E-state index in [1.54, 1.807) is 0 Å². The zero-order chi connectivity index (χ0) is 21.2. The number of aromatic carboxylic acids is 1. The summed E-state index contributed by atoms with van der Waals surface area (Å²) >= 11 is 0. The topological polar surface area (TPSA) is 117 Å². The van der Waals surface area contributed by atoms with Gasteiger partial charge in [-0.05, 0) is 37.7 Å². The van der Waals surface area contributed by atoms with Gasteiger partial charge in [-0.1, -0.05) is 0 Å². The molecule has 8 nitrogen and oxygen atoms in total. The van der Waals surface area contributed by atoms with Crippen LogP contribution in [0.3, 0.4) is 0 Å². The fourth-order valence-electron chi connectivity index (χ4n) is 3.33. The van der Waals surface area contributed by atoms with Crippen LogP contribution in [-0.4, -0.2) is 49.6 Å². The molecule has 3 N–H and O–H groups in total. The number of amides is 1. The maximum absolute atomic E-state index is 12.7. The average Bonchev–Trinajstić information content (AvgIpc) is 3.16. The fraction of sp³-hybridized carbons (Fsp3) is 0.444. The SMILES string of the molecule is O=C(O)c1cnn(-c2ncc(C(=O)NCC3CCC(C(F)(F)F)CC3)cc2O)c1. The van der Waals surface area contributed by atoms with Crippen molar-refractivity contribution in [2.75, 3.05) is 6.54 Å². The molecule has 1 saturated carbocycles. The molecule has 1 aliphatic carbocycles. The minimum absolute atomic E-state index is 0.0307. The Balaban J connectivity index is 1.58. The van der Waals surface area contributed by atoms with Crippen molar-refractivity contribution in [3.8, 4) is 11.6 Å². The number of pyridine rings is 1. The fourth-order valence-corrected chi connectivity index (χ4v) is 3.33. The normalized spacial score (nSPS) is 19.7. The molecule has 0 radical (unpaired) electrons. The molecule has 0 bridgehead atoms. The Hall–Kier alpha value is -3.11. The number of carboxylic acids is 1. The van der Waals surface area contributed by atoms with Crippen LogP contribution in [0, 0.1) is 11.8 Å². The van der Waals surface area contributed by atoms with E-state index in [4.69, 9.17) is 5.11 Å². The lowest BCUT2D eigenvalue weighted by Crippen LogP contribution is -2.34. The summed E-state index contributed by atoms with van der Waals surface area (Å²) < 4.78 is 39.2. The lowest BCUT2D eigenvalue weighted by Gasteiger charge is -2.29. The molecule has 0 saturated heterocycles. The number of carbonyl (C=O) groups excluding carboxylic acids is 1. The molecule has 0 unspecified atom stereocenters. The van der Waals surface area contributed by atoms with Crippen LogP contribution in [0.1, 0.15) is 46.4 Å². The molecule has 0 atom stereocenters. The molecule has 2 aromatic rings. The maximum Gasteiger partial charge on any atom is 0.391 e. The standard InChI is InChI=1S/C18H19F3N4O4/c19-18(20,21)13-3-1-10(2-4-13)6-23-16(27)11-5-14(26)15(22-7-11)25-9-12(8-24-25)17(28)29/h5,7-10,13,26H,1-4,6H2,(H,23,27)(H,28,29). The molecule has 156 valence electrons. The van der Waals surface area contributed by atoms with Crippen molar-refractivity contribution in [3.05, 3.63) is 35.8 Å². The number of carbonyl (C=O) groups is 2. The number of carboxylic acid groups (broad SMARTS) is 1. The molecule has 2 heterocycles. The highest BCUT2D eigenvalue weighted by Gasteiger charge is 2.41. The van der Waals surface area contributed by atoms with Crippen LogP contribution in [0.5, 0.6) is 5.75 Å². The van der Waals surface area contributed by atoms with Crippen LogP contribution in [0.25, 0.3) is 5.82 Å². The predicted octanol–water partition coefficient (Wildman–Crippen LogP) is 2.77. The van der Waals surface area contributed by atoms with Gasteiger partial charge in [0.25, 0.3) is 5.91 Å². The summed E-state index contributed by atoms with van der Waals surface area (Å²) in [5.74, 6) is -3.41. The van der Waals surface area contributed by atoms with Gasteiger partial charge in [0.1, 0.15) is 0 Å². The minimum atomic E-state index is -4.17. The average molecular weight is 412 g/mol. The number of nitrogens with zero attached hydrogens (tertiary/aromatic N) is 3. The Bertz CT molecular complexity index is 905. The van der Waals surface area contributed by atoms with E-state index in [-0.39, 0.29) is 48.0 Å². The number of halogens is 3. The molecule has 0 aromatic carbocycles. The third kappa shape index (κ3) is 4.84. The summed E-state index contributed by atoms with van der Waals surface area (Å²) in [7, 11) is 0. The molecule has 11 heteroatoms. The van der Waals surface area contributed by atoms with Gasteiger partial charge in [0.05, 0.1) is 23.2 Å². The zero-order valence-electron chi connectivity index (χ0n) is 15.2. The zero-order valence-corrected chi connectivity index (χ0v) is 15.2. The first-order valence-corrected chi connectivity index (χ1v) is 8.97. The molecule has 3 rings (SSSR count). The smallest absolute Gasteiger partial charge is 0.391 e. The minimum Gasteiger partial charge on any atom is -0.504 e. The van der Waals surface area contributed by atoms with E-state index in [2.05, 4.69) is 15.4 Å². The van der Waals surface area contributed by atoms with Gasteiger partial charge >= 0.3 is 12.1 Å². The molecule has 0 aliphatic heterocycles. The quantitative estimate of drug-likeness (QED) is 0.695. The third-order valence-corrected chi connectivity index (χ3v) is 5.02. The second-order valence-electron chi connectivity index (χ2n) is 7.01. The lowest BCUT2D eigenvalue weighted by atomic mass is 9.81. The second kappa shape index (κ2) is 8.10. The highest BCUT2D eigenvalue weighted by molar-refractivity contribution is 5.94. The lowest BCUT2D eigenvalue weighted by molar-refractivity contribution is -0.183. The van der Waals surface area contributed by atoms with Crippen LogP contribution >= 0.6 is 0 Å². The third-order valence-electron chi connectivity index (χ3n) is 5.02. The summed E-state index contributed by atoms with van der Waals surface area (Å²) in [5, 5.41) is 25.5. The monoisotopic (exact) mass is 412 g/mol. The summed E-state index contributed by atoms with van der Waals surface area (Å²) in [6, 6.07) is 1.17. The van der Waals surface area contributed by atoms with Crippen LogP contribution in [-0.2, 0) is 0 Å². The van der Waals surface area contributed by atoms with Crippen molar-refractivity contribution in [2.45, 2.75) is 31.9 Å². The van der Waals surface area contributed by atoms with E-state index >= 15 is 0 Å². The Kier molecular flexibility index (Phi) is 5.76. The number of nitrogens with one attached hydrogen (secondary N) is 1. The van der Waals surface area contributed by atoms with Crippen molar-refractivity contribution in [1.82, 2.24) is 20.1 Å². The molecular formula is C18H19F3N4O4. The maximum atomic E-state index is 12.7. The number of rotatable bonds is 5. The van der Waals surface area contributed by atoms with Gasteiger partial charge in [0, 0.05) is 18.9 Å². The van der Waals surface area contributed by atoms with Gasteiger partial charge in [-0.2, -0.15) is 18.3 Å². The number of aromatic nitrogens is 3. The van der Waals surface area contributed by atoms with E-state index in [1.807, 2.05) is 0 Å². The van der Waals surface area contributed by atoms with E-state index < -0.39 is 24.0 Å². The van der Waals surface area contributed by atoms with Gasteiger partial charge in [0.2, 0.25) is 0 Å². The van der Waals surface area contributed by atoms with Gasteiger partial charge in [-0.3, -0.25) is 4.79 Å². The number of hydrogen-bond donors (Lipinski definition) is 3. The molecule has 1 amide bonds. The highest BCUT2D eigenvalue weighted by Crippen LogP contribution is 2.39. The van der Waals surface area contributed by atoms with Crippen LogP contribution in [0.15, 0.2) is 24.7 Å². The Morgan fingerprint density at radius 2 is 1.86 bits per heavy atom. The van der Waals surface area contributed by atoms with Gasteiger partial charge in [-0.25, -0.2) is 14.5 Å². The van der Waals surface area contributed by atoms with Crippen LogP contribution in [0.4, 0.5) is 13.2 Å². The van der Waals surface area contributed by atoms with E-state index in [0.717, 1.165) is 10.9 Å². The first kappa shape index (κ1) is 20.6. The van der Waals surface area contributed by atoms with Crippen LogP contribution in [0.2, 0.25) is 0 Å². The number of hydrogen-bond acceptors (Lipinski definition) is 5. The van der Waals surface area contributed by atoms with Crippen molar-refractivity contribution < 1.29 is 33.0 Å². The van der Waals surface area contributed by atoms with E-state index in [0.29, 0.717) is 12.8 Å². The van der Waals surface area contributed by atoms with Crippen LogP contribution < -0.4 is 5.32 Å². The first-order valence-electron chi connectivity index (χ1n) is 8.97. The number of aromatic hydroxyl groups is 1. The summed E-state index contributed by atoms with van der Waals surface area (Å²) in [6.07, 6.45) is 0.188. The van der Waals surface area contributed by atoms with Crippen molar-refractivity contribution in [1.29, 1.82) is 0 Å². The predicted molar refractivity (Wildman–Crippen MR) is 93.8 cm³/mol. The Labute approximate surface area is 163 Å². The van der Waals surface area contributed by atoms with Gasteiger partial charge in [-0.15, -0.1) is 0 Å². The van der Waals surface area contributed by atoms with E-state index in [9.17, 15) is 27.9 Å². The Morgan fingerprint density at radius 3 is 2.41 bits per heavy atom. The Morgan fingerprint density at radius 1 is 1.17 bits per heavy atom. The molecule has 2 aromatic heterocycles. The van der Waals surface area contributed by atoms with Crippen molar-refractivity contribution in [2.24, 2.45) is 11.8 Å². The van der Waals surface area contributed by atoms with Crippen molar-refractivity contribution in [3.63, 3.8) is 0 Å². The summed E-state index contributed by atoms with van der Waals surface area (Å²) in [5.41, 5.74) is -0.0193. The highest BCUT2D eigenvalue weighted by atomic mass is 19.4. The van der Waals surface area contributed by atoms with Gasteiger partial charge in [0.15, 0.2) is 11.6 Å². The summed E-state index contributed by atoms with van der Waals surface area (Å²) in [4.78, 5) is 27.1. The molecular weight excluding hydrogens is 393 g/mol. The summed E-state index contributed by atoms with van der Waals surface area (Å²) in [6.45, 7) is 0.243. The molecule has 1 fully saturated rings. The number of alkyl halides is 3. The largest absolute Gasteiger partial charge is 0.504 e. The van der Waals surface area contributed by atoms with Gasteiger partial charge < -0.3 is 15.5 Å². The molecule has 0 spiro atoms. The van der Waals surface area contributed by atoms with Crippen molar-refractivity contribution >= 4 is 11.9 Å². The molecule has 29 heavy (non-hydrogen) atoms. The van der Waals surface area contributed by atoms with E-state index in [1.165, 1.54) is 18.5 Å². The first-order chi connectivity index (χ1) is 13.6. The second-order valence-corrected chi connectivity index (χ2v) is 7.01. The molecule has 1 aliphatic rings.